The number of aliphatic imine (C=N–C) groups is 1. The molecule has 2 aromatic carbocycles. The SMILES string of the molecule is CCNC(=NCc1cccc(C#N)c1)N1CCN(c2ccccc2OC)CC1. The van der Waals surface area contributed by atoms with Gasteiger partial charge in [0.1, 0.15) is 5.75 Å². The molecular formula is C22H27N5O. The second kappa shape index (κ2) is 9.65. The van der Waals surface area contributed by atoms with Gasteiger partial charge in [0.2, 0.25) is 0 Å². The summed E-state index contributed by atoms with van der Waals surface area (Å²) in [6, 6.07) is 18.0. The molecule has 146 valence electrons. The summed E-state index contributed by atoms with van der Waals surface area (Å²) < 4.78 is 5.50. The van der Waals surface area contributed by atoms with E-state index in [9.17, 15) is 0 Å². The molecule has 1 heterocycles. The van der Waals surface area contributed by atoms with Gasteiger partial charge in [0, 0.05) is 32.7 Å². The molecule has 1 saturated heterocycles. The molecule has 3 rings (SSSR count). The Kier molecular flexibility index (Phi) is 6.74. The van der Waals surface area contributed by atoms with Crippen molar-refractivity contribution in [2.45, 2.75) is 13.5 Å². The Morgan fingerprint density at radius 3 is 2.64 bits per heavy atom. The van der Waals surface area contributed by atoms with Gasteiger partial charge in [0.25, 0.3) is 0 Å². The van der Waals surface area contributed by atoms with Crippen LogP contribution in [-0.4, -0.2) is 50.7 Å². The molecule has 0 amide bonds. The predicted octanol–water partition coefficient (Wildman–Crippen LogP) is 2.85. The topological polar surface area (TPSA) is 63.9 Å². The first-order valence-corrected chi connectivity index (χ1v) is 9.65. The quantitative estimate of drug-likeness (QED) is 0.641. The molecule has 1 fully saturated rings. The van der Waals surface area contributed by atoms with Crippen molar-refractivity contribution in [3.05, 3.63) is 59.7 Å². The summed E-state index contributed by atoms with van der Waals surface area (Å²) in [4.78, 5) is 9.44. The van der Waals surface area contributed by atoms with Crippen molar-refractivity contribution in [3.8, 4) is 11.8 Å². The van der Waals surface area contributed by atoms with E-state index in [1.165, 1.54) is 0 Å². The van der Waals surface area contributed by atoms with Crippen molar-refractivity contribution in [2.75, 3.05) is 44.7 Å². The summed E-state index contributed by atoms with van der Waals surface area (Å²) in [6.45, 7) is 7.07. The first-order chi connectivity index (χ1) is 13.7. The molecule has 1 N–H and O–H groups in total. The van der Waals surface area contributed by atoms with Crippen LogP contribution in [0.1, 0.15) is 18.1 Å². The van der Waals surface area contributed by atoms with Gasteiger partial charge in [-0.3, -0.25) is 0 Å². The van der Waals surface area contributed by atoms with Crippen LogP contribution in [-0.2, 0) is 6.54 Å². The second-order valence-electron chi connectivity index (χ2n) is 6.63. The molecule has 0 unspecified atom stereocenters. The fourth-order valence-electron chi connectivity index (χ4n) is 3.38. The Labute approximate surface area is 167 Å². The molecule has 0 atom stereocenters. The van der Waals surface area contributed by atoms with Crippen LogP contribution in [0.15, 0.2) is 53.5 Å². The number of hydrogen-bond donors (Lipinski definition) is 1. The van der Waals surface area contributed by atoms with E-state index in [2.05, 4.69) is 34.2 Å². The smallest absolute Gasteiger partial charge is 0.194 e. The van der Waals surface area contributed by atoms with Crippen LogP contribution in [0.2, 0.25) is 0 Å². The maximum Gasteiger partial charge on any atom is 0.194 e. The van der Waals surface area contributed by atoms with Gasteiger partial charge in [-0.15, -0.1) is 0 Å². The fourth-order valence-corrected chi connectivity index (χ4v) is 3.38. The van der Waals surface area contributed by atoms with Crippen molar-refractivity contribution in [1.82, 2.24) is 10.2 Å². The first kappa shape index (κ1) is 19.6. The second-order valence-corrected chi connectivity index (χ2v) is 6.63. The zero-order valence-corrected chi connectivity index (χ0v) is 16.6. The predicted molar refractivity (Wildman–Crippen MR) is 113 cm³/mol. The van der Waals surface area contributed by atoms with Gasteiger partial charge in [-0.05, 0) is 36.8 Å². The number of hydrogen-bond acceptors (Lipinski definition) is 4. The van der Waals surface area contributed by atoms with E-state index in [0.29, 0.717) is 12.1 Å². The zero-order chi connectivity index (χ0) is 19.8. The van der Waals surface area contributed by atoms with Crippen molar-refractivity contribution in [2.24, 2.45) is 4.99 Å². The Morgan fingerprint density at radius 1 is 1.14 bits per heavy atom. The third-order valence-corrected chi connectivity index (χ3v) is 4.81. The Balaban J connectivity index is 1.66. The van der Waals surface area contributed by atoms with E-state index in [1.807, 2.05) is 42.5 Å². The monoisotopic (exact) mass is 377 g/mol. The summed E-state index contributed by atoms with van der Waals surface area (Å²) in [7, 11) is 1.71. The molecule has 6 heteroatoms. The lowest BCUT2D eigenvalue weighted by Crippen LogP contribution is -2.52. The van der Waals surface area contributed by atoms with Crippen LogP contribution in [0.4, 0.5) is 5.69 Å². The zero-order valence-electron chi connectivity index (χ0n) is 16.6. The highest BCUT2D eigenvalue weighted by Gasteiger charge is 2.21. The van der Waals surface area contributed by atoms with Crippen molar-refractivity contribution < 1.29 is 4.74 Å². The molecule has 28 heavy (non-hydrogen) atoms. The number of piperazine rings is 1. The molecule has 0 aliphatic carbocycles. The Bertz CT molecular complexity index is 850. The molecule has 0 radical (unpaired) electrons. The number of nitrogens with zero attached hydrogens (tertiary/aromatic N) is 4. The van der Waals surface area contributed by atoms with E-state index < -0.39 is 0 Å². The Morgan fingerprint density at radius 2 is 1.93 bits per heavy atom. The number of para-hydroxylation sites is 2. The first-order valence-electron chi connectivity index (χ1n) is 9.65. The number of rotatable bonds is 5. The molecular weight excluding hydrogens is 350 g/mol. The van der Waals surface area contributed by atoms with Crippen LogP contribution in [0.5, 0.6) is 5.75 Å². The Hall–Kier alpha value is -3.20. The average molecular weight is 377 g/mol. The standard InChI is InChI=1S/C22H27N5O/c1-3-24-22(25-17-19-8-6-7-18(15-19)16-23)27-13-11-26(12-14-27)20-9-4-5-10-21(20)28-2/h4-10,15H,3,11-14,17H2,1-2H3,(H,24,25). The van der Waals surface area contributed by atoms with Crippen molar-refractivity contribution in [1.29, 1.82) is 5.26 Å². The fraction of sp³-hybridized carbons (Fsp3) is 0.364. The molecule has 6 nitrogen and oxygen atoms in total. The number of anilines is 1. The lowest BCUT2D eigenvalue weighted by atomic mass is 10.1. The normalized spacial score (nSPS) is 14.5. The van der Waals surface area contributed by atoms with Crippen LogP contribution in [0.25, 0.3) is 0 Å². The van der Waals surface area contributed by atoms with E-state index in [1.54, 1.807) is 7.11 Å². The third-order valence-electron chi connectivity index (χ3n) is 4.81. The van der Waals surface area contributed by atoms with Gasteiger partial charge >= 0.3 is 0 Å². The summed E-state index contributed by atoms with van der Waals surface area (Å²) in [6.07, 6.45) is 0. The number of nitrogens with one attached hydrogen (secondary N) is 1. The minimum atomic E-state index is 0.560. The van der Waals surface area contributed by atoms with Crippen molar-refractivity contribution in [3.63, 3.8) is 0 Å². The maximum atomic E-state index is 9.06. The highest BCUT2D eigenvalue weighted by atomic mass is 16.5. The van der Waals surface area contributed by atoms with Gasteiger partial charge in [-0.2, -0.15) is 5.26 Å². The lowest BCUT2D eigenvalue weighted by molar-refractivity contribution is 0.367. The molecule has 0 aromatic heterocycles. The van der Waals surface area contributed by atoms with E-state index >= 15 is 0 Å². The minimum absolute atomic E-state index is 0.560. The van der Waals surface area contributed by atoms with Crippen LogP contribution in [0, 0.1) is 11.3 Å². The number of guanidine groups is 1. The van der Waals surface area contributed by atoms with Crippen LogP contribution < -0.4 is 15.0 Å². The number of nitriles is 1. The average Bonchev–Trinajstić information content (AvgIpc) is 2.77. The highest BCUT2D eigenvalue weighted by Crippen LogP contribution is 2.28. The summed E-state index contributed by atoms with van der Waals surface area (Å²) in [5.41, 5.74) is 2.85. The third kappa shape index (κ3) is 4.74. The van der Waals surface area contributed by atoms with Gasteiger partial charge in [-0.1, -0.05) is 24.3 Å². The van der Waals surface area contributed by atoms with Crippen molar-refractivity contribution >= 4 is 11.6 Å². The number of methoxy groups -OCH3 is 1. The molecule has 0 spiro atoms. The maximum absolute atomic E-state index is 9.06. The van der Waals surface area contributed by atoms with Gasteiger partial charge in [0.15, 0.2) is 5.96 Å². The largest absolute Gasteiger partial charge is 0.495 e. The van der Waals surface area contributed by atoms with Crippen LogP contribution in [0.3, 0.4) is 0 Å². The molecule has 0 saturated carbocycles. The van der Waals surface area contributed by atoms with E-state index in [4.69, 9.17) is 15.0 Å². The summed E-state index contributed by atoms with van der Waals surface area (Å²) in [5, 5.41) is 12.5. The summed E-state index contributed by atoms with van der Waals surface area (Å²) >= 11 is 0. The highest BCUT2D eigenvalue weighted by molar-refractivity contribution is 5.80. The number of ether oxygens (including phenoxy) is 1. The van der Waals surface area contributed by atoms with Crippen LogP contribution >= 0.6 is 0 Å². The van der Waals surface area contributed by atoms with E-state index in [-0.39, 0.29) is 0 Å². The molecule has 0 bridgehead atoms. The van der Waals surface area contributed by atoms with Gasteiger partial charge in [0.05, 0.1) is 31.0 Å². The van der Waals surface area contributed by atoms with Gasteiger partial charge < -0.3 is 19.9 Å². The van der Waals surface area contributed by atoms with E-state index in [0.717, 1.165) is 55.7 Å². The molecule has 2 aromatic rings. The molecule has 1 aliphatic rings. The molecule has 1 aliphatic heterocycles. The summed E-state index contributed by atoms with van der Waals surface area (Å²) in [5.74, 6) is 1.83. The van der Waals surface area contributed by atoms with Gasteiger partial charge in [-0.25, -0.2) is 4.99 Å². The number of benzene rings is 2. The minimum Gasteiger partial charge on any atom is -0.495 e. The lowest BCUT2D eigenvalue weighted by Gasteiger charge is -2.38.